The molecular formula is C15H19FN2O3S. The molecule has 0 unspecified atom stereocenters. The molecular weight excluding hydrogens is 307 g/mol. The van der Waals surface area contributed by atoms with Gasteiger partial charge >= 0.3 is 0 Å². The molecule has 1 aromatic heterocycles. The first-order valence-electron chi connectivity index (χ1n) is 7.37. The molecule has 0 bridgehead atoms. The molecule has 1 fully saturated rings. The van der Waals surface area contributed by atoms with Crippen molar-refractivity contribution in [2.24, 2.45) is 0 Å². The number of halogens is 1. The van der Waals surface area contributed by atoms with Crippen LogP contribution in [0.3, 0.4) is 0 Å². The van der Waals surface area contributed by atoms with E-state index in [1.807, 2.05) is 11.0 Å². The minimum atomic E-state index is -3.24. The fourth-order valence-electron chi connectivity index (χ4n) is 2.88. The first-order valence-corrected chi connectivity index (χ1v) is 8.91. The third-order valence-electron chi connectivity index (χ3n) is 3.92. The lowest BCUT2D eigenvalue weighted by Crippen LogP contribution is -2.36. The van der Waals surface area contributed by atoms with E-state index < -0.39 is 10.0 Å². The van der Waals surface area contributed by atoms with Crippen molar-refractivity contribution in [1.82, 2.24) is 9.62 Å². The SMILES string of the molecule is CCNS(=O)(=O)[C@@H]1CCN(Cc2cc3cc(F)ccc3o2)C1. The molecule has 1 aromatic carbocycles. The minimum absolute atomic E-state index is 0.294. The number of benzene rings is 1. The van der Waals surface area contributed by atoms with Crippen LogP contribution in [0.5, 0.6) is 0 Å². The second kappa shape index (κ2) is 5.98. The van der Waals surface area contributed by atoms with Gasteiger partial charge in [0.1, 0.15) is 17.2 Å². The highest BCUT2D eigenvalue weighted by molar-refractivity contribution is 7.90. The van der Waals surface area contributed by atoms with E-state index >= 15 is 0 Å². The van der Waals surface area contributed by atoms with Crippen LogP contribution in [0.25, 0.3) is 11.0 Å². The number of likely N-dealkylation sites (tertiary alicyclic amines) is 1. The Kier molecular flexibility index (Phi) is 4.20. The molecule has 0 spiro atoms. The molecule has 5 nitrogen and oxygen atoms in total. The Morgan fingerprint density at radius 3 is 3.00 bits per heavy atom. The summed E-state index contributed by atoms with van der Waals surface area (Å²) in [6.07, 6.45) is 0.615. The highest BCUT2D eigenvalue weighted by Crippen LogP contribution is 2.24. The maximum Gasteiger partial charge on any atom is 0.215 e. The van der Waals surface area contributed by atoms with Crippen molar-refractivity contribution >= 4 is 21.0 Å². The number of hydrogen-bond acceptors (Lipinski definition) is 4. The first-order chi connectivity index (χ1) is 10.5. The van der Waals surface area contributed by atoms with E-state index in [1.165, 1.54) is 12.1 Å². The van der Waals surface area contributed by atoms with Crippen LogP contribution in [0.1, 0.15) is 19.1 Å². The predicted octanol–water partition coefficient (Wildman–Crippen LogP) is 2.09. The monoisotopic (exact) mass is 326 g/mol. The van der Waals surface area contributed by atoms with Crippen LogP contribution in [0.15, 0.2) is 28.7 Å². The van der Waals surface area contributed by atoms with Gasteiger partial charge < -0.3 is 4.42 Å². The van der Waals surface area contributed by atoms with Crippen molar-refractivity contribution in [2.45, 2.75) is 25.1 Å². The molecule has 0 amide bonds. The van der Waals surface area contributed by atoms with Crippen LogP contribution in [-0.2, 0) is 16.6 Å². The van der Waals surface area contributed by atoms with E-state index in [0.29, 0.717) is 38.2 Å². The van der Waals surface area contributed by atoms with E-state index in [0.717, 1.165) is 11.1 Å². The summed E-state index contributed by atoms with van der Waals surface area (Å²) in [6.45, 7) is 3.92. The van der Waals surface area contributed by atoms with Crippen molar-refractivity contribution in [3.8, 4) is 0 Å². The zero-order valence-electron chi connectivity index (χ0n) is 12.4. The summed E-state index contributed by atoms with van der Waals surface area (Å²) in [5.74, 6) is 0.430. The number of sulfonamides is 1. The fraction of sp³-hybridized carbons (Fsp3) is 0.467. The Hall–Kier alpha value is -1.44. The average Bonchev–Trinajstić information content (AvgIpc) is 3.05. The molecule has 22 heavy (non-hydrogen) atoms. The van der Waals surface area contributed by atoms with Gasteiger partial charge in [-0.2, -0.15) is 0 Å². The van der Waals surface area contributed by atoms with Gasteiger partial charge in [0.05, 0.1) is 11.8 Å². The Morgan fingerprint density at radius 2 is 2.23 bits per heavy atom. The average molecular weight is 326 g/mol. The fourth-order valence-corrected chi connectivity index (χ4v) is 4.34. The molecule has 2 heterocycles. The lowest BCUT2D eigenvalue weighted by atomic mass is 10.2. The zero-order valence-corrected chi connectivity index (χ0v) is 13.2. The molecule has 0 aliphatic carbocycles. The van der Waals surface area contributed by atoms with Crippen molar-refractivity contribution in [3.05, 3.63) is 35.8 Å². The third-order valence-corrected chi connectivity index (χ3v) is 5.88. The van der Waals surface area contributed by atoms with E-state index in [4.69, 9.17) is 4.42 Å². The van der Waals surface area contributed by atoms with Gasteiger partial charge in [-0.1, -0.05) is 6.92 Å². The number of fused-ring (bicyclic) bond motifs is 1. The molecule has 7 heteroatoms. The predicted molar refractivity (Wildman–Crippen MR) is 82.5 cm³/mol. The third kappa shape index (κ3) is 3.16. The highest BCUT2D eigenvalue weighted by Gasteiger charge is 2.32. The van der Waals surface area contributed by atoms with E-state index in [2.05, 4.69) is 4.72 Å². The molecule has 1 N–H and O–H groups in total. The summed E-state index contributed by atoms with van der Waals surface area (Å²) in [6, 6.07) is 6.22. The maximum absolute atomic E-state index is 13.2. The maximum atomic E-state index is 13.2. The molecule has 2 aromatic rings. The topological polar surface area (TPSA) is 62.6 Å². The lowest BCUT2D eigenvalue weighted by Gasteiger charge is -2.14. The Morgan fingerprint density at radius 1 is 1.41 bits per heavy atom. The standard InChI is InChI=1S/C15H19FN2O3S/c1-2-17-22(19,20)14-5-6-18(10-14)9-13-8-11-7-12(16)3-4-15(11)21-13/h3-4,7-8,14,17H,2,5-6,9-10H2,1H3/t14-/m1/s1. The number of furan rings is 1. The molecule has 1 aliphatic rings. The Balaban J connectivity index is 1.69. The largest absolute Gasteiger partial charge is 0.460 e. The molecule has 0 radical (unpaired) electrons. The van der Waals surface area contributed by atoms with Crippen molar-refractivity contribution in [3.63, 3.8) is 0 Å². The summed E-state index contributed by atoms with van der Waals surface area (Å²) < 4.78 is 45.4. The second-order valence-electron chi connectivity index (χ2n) is 5.58. The van der Waals surface area contributed by atoms with E-state index in [1.54, 1.807) is 13.0 Å². The summed E-state index contributed by atoms with van der Waals surface area (Å²) in [4.78, 5) is 2.05. The van der Waals surface area contributed by atoms with Gasteiger partial charge in [-0.15, -0.1) is 0 Å². The first kappa shape index (κ1) is 15.5. The summed E-state index contributed by atoms with van der Waals surface area (Å²) in [5.41, 5.74) is 0.646. The van der Waals surface area contributed by atoms with Crippen LogP contribution in [0.2, 0.25) is 0 Å². The van der Waals surface area contributed by atoms with Crippen molar-refractivity contribution < 1.29 is 17.2 Å². The number of nitrogens with one attached hydrogen (secondary N) is 1. The molecule has 1 saturated heterocycles. The molecule has 0 saturated carbocycles. The van der Waals surface area contributed by atoms with Gasteiger partial charge in [0.15, 0.2) is 0 Å². The van der Waals surface area contributed by atoms with Crippen LogP contribution in [0, 0.1) is 5.82 Å². The van der Waals surface area contributed by atoms with E-state index in [-0.39, 0.29) is 11.1 Å². The van der Waals surface area contributed by atoms with Crippen molar-refractivity contribution in [1.29, 1.82) is 0 Å². The van der Waals surface area contributed by atoms with Crippen LogP contribution in [0.4, 0.5) is 4.39 Å². The van der Waals surface area contributed by atoms with Gasteiger partial charge in [0.25, 0.3) is 0 Å². The van der Waals surface area contributed by atoms with Gasteiger partial charge in [0, 0.05) is 25.0 Å². The molecule has 1 aliphatic heterocycles. The van der Waals surface area contributed by atoms with Crippen LogP contribution in [-0.4, -0.2) is 38.2 Å². The zero-order chi connectivity index (χ0) is 15.7. The quantitative estimate of drug-likeness (QED) is 0.914. The molecule has 1 atom stereocenters. The normalized spacial score (nSPS) is 20.0. The van der Waals surface area contributed by atoms with Gasteiger partial charge in [-0.25, -0.2) is 17.5 Å². The molecule has 120 valence electrons. The summed E-state index contributed by atoms with van der Waals surface area (Å²) in [7, 11) is -3.24. The number of rotatable bonds is 5. The Labute approximate surface area is 129 Å². The highest BCUT2D eigenvalue weighted by atomic mass is 32.2. The number of nitrogens with zero attached hydrogens (tertiary/aromatic N) is 1. The Bertz CT molecular complexity index is 772. The van der Waals surface area contributed by atoms with Crippen molar-refractivity contribution in [2.75, 3.05) is 19.6 Å². The van der Waals surface area contributed by atoms with Gasteiger partial charge in [0.2, 0.25) is 10.0 Å². The second-order valence-corrected chi connectivity index (χ2v) is 7.63. The lowest BCUT2D eigenvalue weighted by molar-refractivity contribution is 0.302. The van der Waals surface area contributed by atoms with Crippen LogP contribution >= 0.6 is 0 Å². The minimum Gasteiger partial charge on any atom is -0.460 e. The van der Waals surface area contributed by atoms with Gasteiger partial charge in [-0.3, -0.25) is 4.90 Å². The van der Waals surface area contributed by atoms with E-state index in [9.17, 15) is 12.8 Å². The number of hydrogen-bond donors (Lipinski definition) is 1. The molecule has 3 rings (SSSR count). The summed E-state index contributed by atoms with van der Waals surface area (Å²) >= 11 is 0. The van der Waals surface area contributed by atoms with Crippen LogP contribution < -0.4 is 4.72 Å². The smallest absolute Gasteiger partial charge is 0.215 e. The van der Waals surface area contributed by atoms with Gasteiger partial charge in [-0.05, 0) is 30.7 Å². The summed E-state index contributed by atoms with van der Waals surface area (Å²) in [5, 5.41) is 0.347.